The summed E-state index contributed by atoms with van der Waals surface area (Å²) in [6.45, 7) is 2.56. The van der Waals surface area contributed by atoms with Crippen molar-refractivity contribution in [2.75, 3.05) is 13.1 Å². The van der Waals surface area contributed by atoms with Gasteiger partial charge in [0, 0.05) is 31.3 Å². The molecule has 1 atom stereocenters. The van der Waals surface area contributed by atoms with Gasteiger partial charge in [-0.05, 0) is 49.2 Å². The van der Waals surface area contributed by atoms with Gasteiger partial charge in [-0.2, -0.15) is 0 Å². The van der Waals surface area contributed by atoms with Gasteiger partial charge in [0.2, 0.25) is 0 Å². The van der Waals surface area contributed by atoms with E-state index in [1.165, 1.54) is 18.2 Å². The van der Waals surface area contributed by atoms with Gasteiger partial charge in [-0.3, -0.25) is 14.7 Å². The molecule has 0 radical (unpaired) electrons. The van der Waals surface area contributed by atoms with E-state index >= 15 is 0 Å². The lowest BCUT2D eigenvalue weighted by Gasteiger charge is -2.32. The first-order valence-electron chi connectivity index (χ1n) is 9.17. The number of hydrogen-bond donors (Lipinski definition) is 1. The number of likely N-dealkylation sites (tertiary alicyclic amines) is 1. The van der Waals surface area contributed by atoms with Gasteiger partial charge in [-0.25, -0.2) is 9.37 Å². The van der Waals surface area contributed by atoms with Crippen LogP contribution in [0, 0.1) is 5.82 Å². The molecule has 2 aromatic heterocycles. The quantitative estimate of drug-likeness (QED) is 0.771. The highest BCUT2D eigenvalue weighted by atomic mass is 19.1. The highest BCUT2D eigenvalue weighted by Crippen LogP contribution is 2.26. The average molecular weight is 364 g/mol. The van der Waals surface area contributed by atoms with Gasteiger partial charge in [0.1, 0.15) is 11.6 Å². The molecule has 1 saturated heterocycles. The number of H-pyrrole nitrogens is 1. The molecule has 1 unspecified atom stereocenters. The standard InChI is InChI=1S/C21H21FN4O/c22-17-8-6-15(7-9-17)13-26-11-3-4-16(14-26)21-24-19(12-20(27)25-21)18-5-1-2-10-23-18/h1-2,5-10,12,16H,3-4,11,13-14H2,(H,24,25,27). The Morgan fingerprint density at radius 1 is 1.15 bits per heavy atom. The monoisotopic (exact) mass is 364 g/mol. The van der Waals surface area contributed by atoms with Crippen LogP contribution >= 0.6 is 0 Å². The summed E-state index contributed by atoms with van der Waals surface area (Å²) in [4.78, 5) is 26.4. The first-order valence-corrected chi connectivity index (χ1v) is 9.17. The van der Waals surface area contributed by atoms with Crippen molar-refractivity contribution in [1.29, 1.82) is 0 Å². The van der Waals surface area contributed by atoms with Gasteiger partial charge >= 0.3 is 0 Å². The zero-order valence-electron chi connectivity index (χ0n) is 14.9. The van der Waals surface area contributed by atoms with Crippen molar-refractivity contribution in [2.24, 2.45) is 0 Å². The van der Waals surface area contributed by atoms with E-state index in [1.807, 2.05) is 30.3 Å². The molecule has 0 bridgehead atoms. The number of aromatic amines is 1. The van der Waals surface area contributed by atoms with Gasteiger partial charge in [-0.15, -0.1) is 0 Å². The van der Waals surface area contributed by atoms with E-state index in [1.54, 1.807) is 6.20 Å². The number of piperidine rings is 1. The predicted molar refractivity (Wildman–Crippen MR) is 102 cm³/mol. The minimum absolute atomic E-state index is 0.156. The Bertz CT molecular complexity index is 956. The molecule has 3 heterocycles. The molecule has 138 valence electrons. The maximum atomic E-state index is 13.1. The molecule has 1 N–H and O–H groups in total. The third kappa shape index (κ3) is 4.28. The topological polar surface area (TPSA) is 61.9 Å². The fourth-order valence-electron chi connectivity index (χ4n) is 3.59. The normalized spacial score (nSPS) is 17.7. The zero-order chi connectivity index (χ0) is 18.6. The Balaban J connectivity index is 1.53. The van der Waals surface area contributed by atoms with Gasteiger partial charge in [0.15, 0.2) is 0 Å². The molecule has 6 heteroatoms. The maximum Gasteiger partial charge on any atom is 0.251 e. The van der Waals surface area contributed by atoms with Crippen LogP contribution in [0.25, 0.3) is 11.4 Å². The Morgan fingerprint density at radius 3 is 2.78 bits per heavy atom. The van der Waals surface area contributed by atoms with Crippen molar-refractivity contribution in [3.63, 3.8) is 0 Å². The minimum atomic E-state index is -0.219. The summed E-state index contributed by atoms with van der Waals surface area (Å²) in [6, 6.07) is 13.7. The Morgan fingerprint density at radius 2 is 2.00 bits per heavy atom. The van der Waals surface area contributed by atoms with Crippen LogP contribution in [0.3, 0.4) is 0 Å². The number of rotatable bonds is 4. The lowest BCUT2D eigenvalue weighted by atomic mass is 9.96. The molecule has 5 nitrogen and oxygen atoms in total. The highest BCUT2D eigenvalue weighted by Gasteiger charge is 2.24. The van der Waals surface area contributed by atoms with Crippen LogP contribution in [0.2, 0.25) is 0 Å². The van der Waals surface area contributed by atoms with Crippen LogP contribution in [0.4, 0.5) is 4.39 Å². The smallest absolute Gasteiger partial charge is 0.251 e. The third-order valence-electron chi connectivity index (χ3n) is 4.90. The van der Waals surface area contributed by atoms with E-state index in [0.717, 1.165) is 38.0 Å². The number of nitrogens with one attached hydrogen (secondary N) is 1. The molecule has 3 aromatic rings. The lowest BCUT2D eigenvalue weighted by molar-refractivity contribution is 0.196. The molecule has 0 saturated carbocycles. The summed E-state index contributed by atoms with van der Waals surface area (Å²) in [7, 11) is 0. The second kappa shape index (κ2) is 7.80. The highest BCUT2D eigenvalue weighted by molar-refractivity contribution is 5.52. The number of benzene rings is 1. The van der Waals surface area contributed by atoms with Gasteiger partial charge in [0.25, 0.3) is 5.56 Å². The first kappa shape index (κ1) is 17.5. The summed E-state index contributed by atoms with van der Waals surface area (Å²) in [5, 5.41) is 0. The predicted octanol–water partition coefficient (Wildman–Crippen LogP) is 3.35. The summed E-state index contributed by atoms with van der Waals surface area (Å²) in [5.41, 5.74) is 2.23. The van der Waals surface area contributed by atoms with Crippen LogP contribution in [0.1, 0.15) is 30.1 Å². The van der Waals surface area contributed by atoms with Crippen LogP contribution in [0.15, 0.2) is 59.5 Å². The van der Waals surface area contributed by atoms with Crippen molar-refractivity contribution in [2.45, 2.75) is 25.3 Å². The fraction of sp³-hybridized carbons (Fsp3) is 0.286. The van der Waals surface area contributed by atoms with Crippen molar-refractivity contribution < 1.29 is 4.39 Å². The molecule has 4 rings (SSSR count). The van der Waals surface area contributed by atoms with E-state index in [2.05, 4.69) is 19.9 Å². The van der Waals surface area contributed by atoms with E-state index in [9.17, 15) is 9.18 Å². The first-order chi connectivity index (χ1) is 13.2. The van der Waals surface area contributed by atoms with E-state index in [0.29, 0.717) is 17.2 Å². The maximum absolute atomic E-state index is 13.1. The number of halogens is 1. The molecule has 1 aliphatic rings. The van der Waals surface area contributed by atoms with Crippen molar-refractivity contribution in [1.82, 2.24) is 19.9 Å². The molecule has 1 aliphatic heterocycles. The number of pyridine rings is 1. The Hall–Kier alpha value is -2.86. The van der Waals surface area contributed by atoms with Crippen molar-refractivity contribution in [3.05, 3.63) is 82.3 Å². The summed E-state index contributed by atoms with van der Waals surface area (Å²) < 4.78 is 13.1. The second-order valence-corrected chi connectivity index (χ2v) is 6.93. The molecule has 1 fully saturated rings. The number of hydrogen-bond acceptors (Lipinski definition) is 4. The molecule has 0 amide bonds. The van der Waals surface area contributed by atoms with Crippen LogP contribution in [0.5, 0.6) is 0 Å². The molecule has 0 aliphatic carbocycles. The third-order valence-corrected chi connectivity index (χ3v) is 4.90. The van der Waals surface area contributed by atoms with Crippen molar-refractivity contribution in [3.8, 4) is 11.4 Å². The molecule has 1 aromatic carbocycles. The van der Waals surface area contributed by atoms with Gasteiger partial charge in [0.05, 0.1) is 11.4 Å². The van der Waals surface area contributed by atoms with Gasteiger partial charge in [-0.1, -0.05) is 18.2 Å². The lowest BCUT2D eigenvalue weighted by Crippen LogP contribution is -2.35. The van der Waals surface area contributed by atoms with Crippen LogP contribution < -0.4 is 5.56 Å². The SMILES string of the molecule is O=c1cc(-c2ccccn2)nc(C2CCCN(Cc3ccc(F)cc3)C2)[nH]1. The van der Waals surface area contributed by atoms with E-state index in [-0.39, 0.29) is 17.3 Å². The fourth-order valence-corrected chi connectivity index (χ4v) is 3.59. The molecular formula is C21H21FN4O. The minimum Gasteiger partial charge on any atom is -0.310 e. The number of nitrogens with zero attached hydrogens (tertiary/aromatic N) is 3. The zero-order valence-corrected chi connectivity index (χ0v) is 14.9. The molecular weight excluding hydrogens is 343 g/mol. The van der Waals surface area contributed by atoms with Crippen LogP contribution in [-0.4, -0.2) is 32.9 Å². The van der Waals surface area contributed by atoms with Crippen molar-refractivity contribution >= 4 is 0 Å². The Kier molecular flexibility index (Phi) is 5.07. The molecule has 27 heavy (non-hydrogen) atoms. The largest absolute Gasteiger partial charge is 0.310 e. The molecule has 0 spiro atoms. The second-order valence-electron chi connectivity index (χ2n) is 6.93. The van der Waals surface area contributed by atoms with E-state index in [4.69, 9.17) is 0 Å². The summed E-state index contributed by atoms with van der Waals surface area (Å²) in [5.74, 6) is 0.658. The summed E-state index contributed by atoms with van der Waals surface area (Å²) >= 11 is 0. The van der Waals surface area contributed by atoms with E-state index < -0.39 is 0 Å². The number of aromatic nitrogens is 3. The summed E-state index contributed by atoms with van der Waals surface area (Å²) in [6.07, 6.45) is 3.71. The van der Waals surface area contributed by atoms with Crippen LogP contribution in [-0.2, 0) is 6.54 Å². The Labute approximate surface area is 156 Å². The van der Waals surface area contributed by atoms with Gasteiger partial charge < -0.3 is 4.98 Å². The average Bonchev–Trinajstić information content (AvgIpc) is 2.70.